The molecule has 0 bridgehead atoms. The first-order valence-corrected chi connectivity index (χ1v) is 6.20. The van der Waals surface area contributed by atoms with Gasteiger partial charge in [0.1, 0.15) is 0 Å². The molecule has 0 aromatic heterocycles. The summed E-state index contributed by atoms with van der Waals surface area (Å²) in [4.78, 5) is 16.3. The normalized spacial score (nSPS) is 34.2. The van der Waals surface area contributed by atoms with Gasteiger partial charge in [-0.05, 0) is 12.3 Å². The first-order valence-electron chi connectivity index (χ1n) is 6.20. The largest absolute Gasteiger partial charge is 0.378 e. The molecule has 3 aliphatic heterocycles. The topological polar surface area (TPSA) is 44.8 Å². The van der Waals surface area contributed by atoms with Crippen molar-refractivity contribution in [1.82, 2.24) is 15.1 Å². The molecule has 0 spiro atoms. The highest BCUT2D eigenvalue weighted by Gasteiger charge is 2.41. The van der Waals surface area contributed by atoms with E-state index in [0.717, 1.165) is 39.1 Å². The Morgan fingerprint density at radius 3 is 2.81 bits per heavy atom. The predicted molar refractivity (Wildman–Crippen MR) is 59.3 cm³/mol. The lowest BCUT2D eigenvalue weighted by molar-refractivity contribution is 0.0423. The summed E-state index contributed by atoms with van der Waals surface area (Å²) in [6.07, 6.45) is 1.16. The van der Waals surface area contributed by atoms with Gasteiger partial charge in [-0.3, -0.25) is 0 Å². The minimum atomic E-state index is 0.222. The van der Waals surface area contributed by atoms with E-state index in [0.29, 0.717) is 25.2 Å². The molecular formula is C11H19N3O2. The second-order valence-electron chi connectivity index (χ2n) is 4.85. The van der Waals surface area contributed by atoms with Crippen molar-refractivity contribution in [3.05, 3.63) is 0 Å². The predicted octanol–water partition coefficient (Wildman–Crippen LogP) is -0.268. The van der Waals surface area contributed by atoms with E-state index in [2.05, 4.69) is 10.2 Å². The number of rotatable bonds is 0. The van der Waals surface area contributed by atoms with Gasteiger partial charge in [0.2, 0.25) is 0 Å². The Labute approximate surface area is 95.7 Å². The van der Waals surface area contributed by atoms with Crippen molar-refractivity contribution in [3.63, 3.8) is 0 Å². The highest BCUT2D eigenvalue weighted by molar-refractivity contribution is 5.75. The number of urea groups is 1. The van der Waals surface area contributed by atoms with Crippen LogP contribution in [0.2, 0.25) is 0 Å². The van der Waals surface area contributed by atoms with Gasteiger partial charge in [-0.15, -0.1) is 0 Å². The Kier molecular flexibility index (Phi) is 2.73. The molecule has 0 aliphatic carbocycles. The quantitative estimate of drug-likeness (QED) is 0.617. The number of hydrogen-bond donors (Lipinski definition) is 1. The molecule has 5 nitrogen and oxygen atoms in total. The van der Waals surface area contributed by atoms with Crippen LogP contribution in [0.25, 0.3) is 0 Å². The van der Waals surface area contributed by atoms with Crippen molar-refractivity contribution in [1.29, 1.82) is 0 Å². The van der Waals surface area contributed by atoms with Crippen molar-refractivity contribution >= 4 is 6.03 Å². The third-order valence-corrected chi connectivity index (χ3v) is 3.97. The van der Waals surface area contributed by atoms with Gasteiger partial charge in [-0.25, -0.2) is 4.79 Å². The zero-order valence-electron chi connectivity index (χ0n) is 9.52. The fourth-order valence-electron chi connectivity index (χ4n) is 3.02. The van der Waals surface area contributed by atoms with Crippen molar-refractivity contribution in [2.45, 2.75) is 12.5 Å². The minimum Gasteiger partial charge on any atom is -0.378 e. The van der Waals surface area contributed by atoms with E-state index in [4.69, 9.17) is 4.74 Å². The highest BCUT2D eigenvalue weighted by Crippen LogP contribution is 2.28. The van der Waals surface area contributed by atoms with Crippen LogP contribution in [-0.4, -0.2) is 67.8 Å². The lowest BCUT2D eigenvalue weighted by Crippen LogP contribution is -2.50. The third kappa shape index (κ3) is 1.68. The van der Waals surface area contributed by atoms with Crippen LogP contribution in [0.15, 0.2) is 0 Å². The van der Waals surface area contributed by atoms with E-state index < -0.39 is 0 Å². The van der Waals surface area contributed by atoms with Gasteiger partial charge in [-0.2, -0.15) is 0 Å². The molecule has 0 radical (unpaired) electrons. The average molecular weight is 225 g/mol. The molecule has 3 saturated heterocycles. The van der Waals surface area contributed by atoms with Gasteiger partial charge < -0.3 is 19.9 Å². The Balaban J connectivity index is 1.65. The Bertz CT molecular complexity index is 278. The molecule has 0 aromatic carbocycles. The maximum absolute atomic E-state index is 12.3. The molecule has 2 atom stereocenters. The Morgan fingerprint density at radius 1 is 1.19 bits per heavy atom. The molecule has 3 aliphatic rings. The fraction of sp³-hybridized carbons (Fsp3) is 0.909. The first-order chi connectivity index (χ1) is 7.86. The van der Waals surface area contributed by atoms with Crippen LogP contribution in [0, 0.1) is 5.92 Å². The van der Waals surface area contributed by atoms with Crippen LogP contribution in [0.1, 0.15) is 6.42 Å². The Hall–Kier alpha value is -0.810. The number of fused-ring (bicyclic) bond motifs is 1. The van der Waals surface area contributed by atoms with Gasteiger partial charge >= 0.3 is 6.03 Å². The second-order valence-corrected chi connectivity index (χ2v) is 4.85. The average Bonchev–Trinajstić information content (AvgIpc) is 2.91. The van der Waals surface area contributed by atoms with Gasteiger partial charge in [0, 0.05) is 38.8 Å². The number of carbonyl (C=O) groups is 1. The summed E-state index contributed by atoms with van der Waals surface area (Å²) in [7, 11) is 0. The van der Waals surface area contributed by atoms with Gasteiger partial charge in [0.05, 0.1) is 13.2 Å². The first kappa shape index (κ1) is 10.4. The van der Waals surface area contributed by atoms with E-state index in [1.165, 1.54) is 0 Å². The number of nitrogens with one attached hydrogen (secondary N) is 1. The monoisotopic (exact) mass is 225 g/mol. The number of ether oxygens (including phenoxy) is 1. The second kappa shape index (κ2) is 4.22. The number of carbonyl (C=O) groups excluding carboxylic acids is 1. The Morgan fingerprint density at radius 2 is 2.00 bits per heavy atom. The van der Waals surface area contributed by atoms with Gasteiger partial charge in [-0.1, -0.05) is 0 Å². The number of hydrogen-bond acceptors (Lipinski definition) is 3. The van der Waals surface area contributed by atoms with Crippen molar-refractivity contribution < 1.29 is 9.53 Å². The van der Waals surface area contributed by atoms with Crippen LogP contribution in [0.3, 0.4) is 0 Å². The maximum Gasteiger partial charge on any atom is 0.320 e. The number of amides is 2. The van der Waals surface area contributed by atoms with Crippen molar-refractivity contribution in [2.24, 2.45) is 5.92 Å². The standard InChI is InChI=1S/C11H19N3O2/c15-11(13-3-5-16-6-4-13)14-2-1-9-7-12-8-10(9)14/h9-10,12H,1-8H2/t9-,10+/m0/s1. The molecule has 90 valence electrons. The maximum atomic E-state index is 12.3. The van der Waals surface area contributed by atoms with Crippen LogP contribution >= 0.6 is 0 Å². The summed E-state index contributed by atoms with van der Waals surface area (Å²) in [5, 5.41) is 3.37. The molecule has 3 heterocycles. The molecule has 3 fully saturated rings. The van der Waals surface area contributed by atoms with E-state index >= 15 is 0 Å². The molecule has 16 heavy (non-hydrogen) atoms. The summed E-state index contributed by atoms with van der Waals surface area (Å²) in [6.45, 7) is 5.86. The summed E-state index contributed by atoms with van der Waals surface area (Å²) in [5.41, 5.74) is 0. The summed E-state index contributed by atoms with van der Waals surface area (Å²) in [5.74, 6) is 0.685. The van der Waals surface area contributed by atoms with Crippen LogP contribution < -0.4 is 5.32 Å². The van der Waals surface area contributed by atoms with Crippen LogP contribution in [0.4, 0.5) is 4.79 Å². The van der Waals surface area contributed by atoms with E-state index in [9.17, 15) is 4.79 Å². The molecule has 0 aromatic rings. The SMILES string of the molecule is O=C(N1CCOCC1)N1CC[C@H]2CNC[C@H]21. The molecule has 5 heteroatoms. The third-order valence-electron chi connectivity index (χ3n) is 3.97. The molecule has 0 saturated carbocycles. The summed E-state index contributed by atoms with van der Waals surface area (Å²) < 4.78 is 5.27. The number of morpholine rings is 1. The lowest BCUT2D eigenvalue weighted by atomic mass is 10.1. The molecule has 1 N–H and O–H groups in total. The molecule has 2 amide bonds. The van der Waals surface area contributed by atoms with Crippen LogP contribution in [-0.2, 0) is 4.74 Å². The number of nitrogens with zero attached hydrogens (tertiary/aromatic N) is 2. The molecule has 0 unspecified atom stereocenters. The minimum absolute atomic E-state index is 0.222. The fourth-order valence-corrected chi connectivity index (χ4v) is 3.02. The summed E-state index contributed by atoms with van der Waals surface area (Å²) >= 11 is 0. The van der Waals surface area contributed by atoms with E-state index in [1.54, 1.807) is 0 Å². The van der Waals surface area contributed by atoms with E-state index in [-0.39, 0.29) is 6.03 Å². The van der Waals surface area contributed by atoms with Gasteiger partial charge in [0.25, 0.3) is 0 Å². The van der Waals surface area contributed by atoms with Crippen LogP contribution in [0.5, 0.6) is 0 Å². The smallest absolute Gasteiger partial charge is 0.320 e. The van der Waals surface area contributed by atoms with E-state index in [1.807, 2.05) is 4.90 Å². The summed E-state index contributed by atoms with van der Waals surface area (Å²) in [6, 6.07) is 0.662. The highest BCUT2D eigenvalue weighted by atomic mass is 16.5. The van der Waals surface area contributed by atoms with Gasteiger partial charge in [0.15, 0.2) is 0 Å². The zero-order valence-corrected chi connectivity index (χ0v) is 9.52. The number of likely N-dealkylation sites (tertiary alicyclic amines) is 1. The zero-order chi connectivity index (χ0) is 11.0. The van der Waals surface area contributed by atoms with Crippen molar-refractivity contribution in [2.75, 3.05) is 45.9 Å². The molecular weight excluding hydrogens is 206 g/mol. The lowest BCUT2D eigenvalue weighted by Gasteiger charge is -2.33. The van der Waals surface area contributed by atoms with Crippen molar-refractivity contribution in [3.8, 4) is 0 Å². The molecule has 3 rings (SSSR count).